The molecular weight excluding hydrogens is 228 g/mol. The predicted molar refractivity (Wildman–Crippen MR) is 70.9 cm³/mol. The van der Waals surface area contributed by atoms with Crippen molar-refractivity contribution in [3.05, 3.63) is 12.4 Å². The molecule has 2 N–H and O–H groups in total. The van der Waals surface area contributed by atoms with Gasteiger partial charge in [0, 0.05) is 18.8 Å². The van der Waals surface area contributed by atoms with Gasteiger partial charge in [-0.25, -0.2) is 0 Å². The molecule has 5 nitrogen and oxygen atoms in total. The number of likely N-dealkylation sites (tertiary alicyclic amines) is 1. The summed E-state index contributed by atoms with van der Waals surface area (Å²) < 4.78 is 1.62. The second kappa shape index (κ2) is 5.89. The molecule has 1 unspecified atom stereocenters. The zero-order valence-electron chi connectivity index (χ0n) is 11.0. The summed E-state index contributed by atoms with van der Waals surface area (Å²) in [6, 6.07) is 0.396. The summed E-state index contributed by atoms with van der Waals surface area (Å²) in [4.78, 5) is 14.4. The minimum atomic E-state index is 0.159. The first kappa shape index (κ1) is 12.9. The van der Waals surface area contributed by atoms with Crippen LogP contribution in [0.25, 0.3) is 0 Å². The molecule has 1 fully saturated rings. The van der Waals surface area contributed by atoms with Crippen LogP contribution in [0.15, 0.2) is 12.4 Å². The maximum atomic E-state index is 12.3. The molecule has 0 aliphatic carbocycles. The van der Waals surface area contributed by atoms with E-state index in [0.717, 1.165) is 25.8 Å². The van der Waals surface area contributed by atoms with E-state index in [1.165, 1.54) is 12.8 Å². The largest absolute Gasteiger partial charge is 0.396 e. The minimum Gasteiger partial charge on any atom is -0.396 e. The lowest BCUT2D eigenvalue weighted by atomic mass is 10.1. The van der Waals surface area contributed by atoms with Crippen LogP contribution in [0, 0.1) is 0 Å². The number of nitrogens with zero attached hydrogens (tertiary/aromatic N) is 3. The fraction of sp³-hybridized carbons (Fsp3) is 0.692. The summed E-state index contributed by atoms with van der Waals surface area (Å²) in [5.74, 6) is 0.159. The lowest BCUT2D eigenvalue weighted by Crippen LogP contribution is -2.41. The maximum absolute atomic E-state index is 12.3. The van der Waals surface area contributed by atoms with Crippen LogP contribution in [-0.2, 0) is 11.3 Å². The molecule has 1 aliphatic rings. The Bertz CT molecular complexity index is 401. The number of carbonyl (C=O) groups excluding carboxylic acids is 1. The lowest BCUT2D eigenvalue weighted by Gasteiger charge is -2.29. The van der Waals surface area contributed by atoms with Gasteiger partial charge in [0.05, 0.1) is 11.9 Å². The summed E-state index contributed by atoms with van der Waals surface area (Å²) in [5.41, 5.74) is 6.21. The molecule has 1 aliphatic heterocycles. The molecule has 1 saturated heterocycles. The molecule has 0 saturated carbocycles. The van der Waals surface area contributed by atoms with Gasteiger partial charge in [-0.15, -0.1) is 0 Å². The third-order valence-corrected chi connectivity index (χ3v) is 3.62. The first-order chi connectivity index (χ1) is 8.70. The Morgan fingerprint density at radius 2 is 2.33 bits per heavy atom. The van der Waals surface area contributed by atoms with Crippen molar-refractivity contribution >= 4 is 11.6 Å². The fourth-order valence-corrected chi connectivity index (χ4v) is 2.63. The van der Waals surface area contributed by atoms with Gasteiger partial charge in [-0.05, 0) is 19.3 Å². The average molecular weight is 250 g/mol. The number of carbonyl (C=O) groups is 1. The number of amides is 1. The Kier molecular flexibility index (Phi) is 4.23. The number of nitrogen functional groups attached to an aromatic ring is 1. The van der Waals surface area contributed by atoms with E-state index in [2.05, 4.69) is 12.0 Å². The number of hydrogen-bond donors (Lipinski definition) is 1. The van der Waals surface area contributed by atoms with Crippen LogP contribution >= 0.6 is 0 Å². The van der Waals surface area contributed by atoms with Crippen molar-refractivity contribution in [2.45, 2.75) is 51.6 Å². The molecule has 18 heavy (non-hydrogen) atoms. The zero-order valence-corrected chi connectivity index (χ0v) is 11.0. The van der Waals surface area contributed by atoms with Crippen molar-refractivity contribution in [3.63, 3.8) is 0 Å². The van der Waals surface area contributed by atoms with Crippen LogP contribution in [0.3, 0.4) is 0 Å². The summed E-state index contributed by atoms with van der Waals surface area (Å²) in [6.45, 7) is 3.34. The van der Waals surface area contributed by atoms with E-state index in [9.17, 15) is 4.79 Å². The maximum Gasteiger partial charge on any atom is 0.244 e. The second-order valence-corrected chi connectivity index (χ2v) is 4.97. The minimum absolute atomic E-state index is 0.159. The van der Waals surface area contributed by atoms with Crippen molar-refractivity contribution in [1.82, 2.24) is 14.7 Å². The molecule has 100 valence electrons. The summed E-state index contributed by atoms with van der Waals surface area (Å²) >= 11 is 0. The molecule has 0 radical (unpaired) electrons. The highest BCUT2D eigenvalue weighted by molar-refractivity contribution is 5.76. The van der Waals surface area contributed by atoms with Crippen molar-refractivity contribution in [2.75, 3.05) is 12.3 Å². The van der Waals surface area contributed by atoms with E-state index < -0.39 is 0 Å². The Labute approximate surface area is 108 Å². The number of nitrogens with two attached hydrogens (primary N) is 1. The van der Waals surface area contributed by atoms with Crippen LogP contribution < -0.4 is 5.73 Å². The Balaban J connectivity index is 2.01. The van der Waals surface area contributed by atoms with E-state index in [1.54, 1.807) is 17.1 Å². The van der Waals surface area contributed by atoms with Crippen LogP contribution in [0.5, 0.6) is 0 Å². The normalized spacial score (nSPS) is 20.7. The standard InChI is InChI=1S/C13H22N4O/c1-2-12-6-4-3-5-7-17(12)13(18)10-16-9-11(14)8-15-16/h8-9,12H,2-7,10,14H2,1H3. The number of anilines is 1. The third-order valence-electron chi connectivity index (χ3n) is 3.62. The Hall–Kier alpha value is -1.52. The Morgan fingerprint density at radius 3 is 3.00 bits per heavy atom. The van der Waals surface area contributed by atoms with Crippen LogP contribution in [0.2, 0.25) is 0 Å². The molecule has 0 aromatic carbocycles. The molecule has 2 rings (SSSR count). The second-order valence-electron chi connectivity index (χ2n) is 4.97. The van der Waals surface area contributed by atoms with Gasteiger partial charge < -0.3 is 10.6 Å². The molecule has 0 spiro atoms. The third kappa shape index (κ3) is 3.03. The van der Waals surface area contributed by atoms with Gasteiger partial charge in [0.15, 0.2) is 0 Å². The van der Waals surface area contributed by atoms with E-state index in [1.807, 2.05) is 4.90 Å². The Morgan fingerprint density at radius 1 is 1.50 bits per heavy atom. The molecule has 5 heteroatoms. The fourth-order valence-electron chi connectivity index (χ4n) is 2.63. The molecule has 1 aromatic heterocycles. The quantitative estimate of drug-likeness (QED) is 0.887. The van der Waals surface area contributed by atoms with Gasteiger partial charge in [-0.1, -0.05) is 19.8 Å². The summed E-state index contributed by atoms with van der Waals surface area (Å²) in [6.07, 6.45) is 9.02. The monoisotopic (exact) mass is 250 g/mol. The number of hydrogen-bond acceptors (Lipinski definition) is 3. The van der Waals surface area contributed by atoms with E-state index >= 15 is 0 Å². The summed E-state index contributed by atoms with van der Waals surface area (Å²) in [5, 5.41) is 4.07. The molecule has 1 aromatic rings. The van der Waals surface area contributed by atoms with Gasteiger partial charge in [-0.2, -0.15) is 5.10 Å². The molecule has 1 amide bonds. The zero-order chi connectivity index (χ0) is 13.0. The van der Waals surface area contributed by atoms with Crippen LogP contribution in [0.1, 0.15) is 39.0 Å². The predicted octanol–water partition coefficient (Wildman–Crippen LogP) is 1.65. The highest BCUT2D eigenvalue weighted by atomic mass is 16.2. The van der Waals surface area contributed by atoms with Crippen molar-refractivity contribution in [3.8, 4) is 0 Å². The van der Waals surface area contributed by atoms with E-state index in [-0.39, 0.29) is 5.91 Å². The SMILES string of the molecule is CCC1CCCCCN1C(=O)Cn1cc(N)cn1. The smallest absolute Gasteiger partial charge is 0.244 e. The highest BCUT2D eigenvalue weighted by Crippen LogP contribution is 2.19. The van der Waals surface area contributed by atoms with E-state index in [4.69, 9.17) is 5.73 Å². The van der Waals surface area contributed by atoms with Crippen molar-refractivity contribution < 1.29 is 4.79 Å². The van der Waals surface area contributed by atoms with Gasteiger partial charge >= 0.3 is 0 Å². The number of aromatic nitrogens is 2. The lowest BCUT2D eigenvalue weighted by molar-refractivity contribution is -0.134. The molecule has 2 heterocycles. The van der Waals surface area contributed by atoms with Gasteiger partial charge in [-0.3, -0.25) is 9.48 Å². The van der Waals surface area contributed by atoms with Gasteiger partial charge in [0.1, 0.15) is 6.54 Å². The first-order valence-electron chi connectivity index (χ1n) is 6.78. The van der Waals surface area contributed by atoms with Crippen molar-refractivity contribution in [1.29, 1.82) is 0 Å². The van der Waals surface area contributed by atoms with Crippen LogP contribution in [0.4, 0.5) is 5.69 Å². The molecular formula is C13H22N4O. The summed E-state index contributed by atoms with van der Waals surface area (Å²) in [7, 11) is 0. The highest BCUT2D eigenvalue weighted by Gasteiger charge is 2.24. The first-order valence-corrected chi connectivity index (χ1v) is 6.78. The topological polar surface area (TPSA) is 64.2 Å². The van der Waals surface area contributed by atoms with Crippen molar-refractivity contribution in [2.24, 2.45) is 0 Å². The average Bonchev–Trinajstić information content (AvgIpc) is 2.65. The molecule has 1 atom stereocenters. The van der Waals surface area contributed by atoms with E-state index in [0.29, 0.717) is 18.3 Å². The van der Waals surface area contributed by atoms with Gasteiger partial charge in [0.25, 0.3) is 0 Å². The van der Waals surface area contributed by atoms with Crippen LogP contribution in [-0.4, -0.2) is 33.2 Å². The van der Waals surface area contributed by atoms with Gasteiger partial charge in [0.2, 0.25) is 5.91 Å². The number of rotatable bonds is 3. The molecule has 0 bridgehead atoms.